The molecule has 0 amide bonds. The van der Waals surface area contributed by atoms with Crippen LogP contribution in [0.15, 0.2) is 15.4 Å². The maximum Gasteiger partial charge on any atom is 0.307 e. The van der Waals surface area contributed by atoms with Crippen molar-refractivity contribution >= 4 is 31.5 Å². The molecule has 1 aromatic rings. The summed E-state index contributed by atoms with van der Waals surface area (Å²) in [6.45, 7) is 0. The maximum absolute atomic E-state index is 13.2. The van der Waals surface area contributed by atoms with Crippen molar-refractivity contribution in [2.24, 2.45) is 0 Å². The van der Waals surface area contributed by atoms with Gasteiger partial charge in [0.2, 0.25) is 5.82 Å². The van der Waals surface area contributed by atoms with E-state index in [1.807, 2.05) is 0 Å². The van der Waals surface area contributed by atoms with E-state index in [-0.39, 0.29) is 0 Å². The molecular weight excluding hydrogens is 309 g/mol. The Morgan fingerprint density at radius 3 is 2.44 bits per heavy atom. The topological polar surface area (TPSA) is 97.5 Å². The van der Waals surface area contributed by atoms with Gasteiger partial charge in [0.05, 0.1) is 4.92 Å². The molecule has 6 nitrogen and oxygen atoms in total. The van der Waals surface area contributed by atoms with E-state index in [1.54, 1.807) is 0 Å². The third-order valence-electron chi connectivity index (χ3n) is 1.72. The quantitative estimate of drug-likeness (QED) is 0.508. The Morgan fingerprint density at radius 2 is 2.06 bits per heavy atom. The monoisotopic (exact) mass is 313 g/mol. The van der Waals surface area contributed by atoms with Gasteiger partial charge in [-0.15, -0.1) is 0 Å². The second-order valence-corrected chi connectivity index (χ2v) is 5.68. The van der Waals surface area contributed by atoms with Crippen molar-refractivity contribution in [3.8, 4) is 5.75 Å². The Balaban J connectivity index is 3.74. The number of hydrogen-bond donors (Lipinski definition) is 1. The van der Waals surface area contributed by atoms with Crippen LogP contribution in [-0.4, -0.2) is 24.7 Å². The first-order valence-corrected chi connectivity index (χ1v) is 6.40. The van der Waals surface area contributed by atoms with Gasteiger partial charge in [0.1, 0.15) is 9.37 Å². The van der Waals surface area contributed by atoms with Crippen LogP contribution < -0.4 is 0 Å². The van der Waals surface area contributed by atoms with Gasteiger partial charge in [0.15, 0.2) is 15.6 Å². The Bertz CT molecular complexity index is 571. The van der Waals surface area contributed by atoms with Gasteiger partial charge in [-0.25, -0.2) is 8.42 Å². The van der Waals surface area contributed by atoms with Crippen molar-refractivity contribution in [3.63, 3.8) is 0 Å². The number of benzene rings is 1. The molecule has 0 aliphatic carbocycles. The molecule has 0 radical (unpaired) electrons. The SMILES string of the molecule is CS(=O)(=O)c1cc([N+](=O)[O-])c(F)c(Br)c1O. The molecule has 0 aromatic heterocycles. The second kappa shape index (κ2) is 3.98. The highest BCUT2D eigenvalue weighted by atomic mass is 79.9. The van der Waals surface area contributed by atoms with E-state index in [2.05, 4.69) is 15.9 Å². The highest BCUT2D eigenvalue weighted by Crippen LogP contribution is 2.38. The van der Waals surface area contributed by atoms with Crippen molar-refractivity contribution in [2.75, 3.05) is 6.26 Å². The van der Waals surface area contributed by atoms with Crippen molar-refractivity contribution in [3.05, 3.63) is 26.5 Å². The van der Waals surface area contributed by atoms with Crippen LogP contribution in [0.3, 0.4) is 0 Å². The fraction of sp³-hybridized carbons (Fsp3) is 0.143. The number of sulfone groups is 1. The Labute approximate surface area is 97.9 Å². The molecule has 0 unspecified atom stereocenters. The first-order chi connectivity index (χ1) is 7.16. The average Bonchev–Trinajstić information content (AvgIpc) is 2.11. The number of phenols is 1. The summed E-state index contributed by atoms with van der Waals surface area (Å²) < 4.78 is 34.9. The van der Waals surface area contributed by atoms with Crippen LogP contribution >= 0.6 is 15.9 Å². The van der Waals surface area contributed by atoms with Crippen LogP contribution in [0.1, 0.15) is 0 Å². The van der Waals surface area contributed by atoms with E-state index in [9.17, 15) is 28.0 Å². The van der Waals surface area contributed by atoms with E-state index < -0.39 is 41.4 Å². The molecule has 1 rings (SSSR count). The third kappa shape index (κ3) is 2.14. The molecule has 0 bridgehead atoms. The van der Waals surface area contributed by atoms with Gasteiger partial charge in [0.25, 0.3) is 0 Å². The van der Waals surface area contributed by atoms with E-state index in [0.29, 0.717) is 6.07 Å². The fourth-order valence-corrected chi connectivity index (χ4v) is 2.32. The van der Waals surface area contributed by atoms with Crippen molar-refractivity contribution in [2.45, 2.75) is 4.90 Å². The number of nitro groups is 1. The van der Waals surface area contributed by atoms with Gasteiger partial charge in [-0.2, -0.15) is 4.39 Å². The van der Waals surface area contributed by atoms with Crippen LogP contribution in [0, 0.1) is 15.9 Å². The number of phenolic OH excluding ortho intramolecular Hbond substituents is 1. The van der Waals surface area contributed by atoms with Crippen LogP contribution in [0.25, 0.3) is 0 Å². The van der Waals surface area contributed by atoms with Gasteiger partial charge in [-0.05, 0) is 15.9 Å². The normalized spacial score (nSPS) is 11.4. The van der Waals surface area contributed by atoms with Crippen LogP contribution in [0.5, 0.6) is 5.75 Å². The highest BCUT2D eigenvalue weighted by Gasteiger charge is 2.27. The molecule has 0 aliphatic heterocycles. The van der Waals surface area contributed by atoms with Crippen molar-refractivity contribution in [1.29, 1.82) is 0 Å². The highest BCUT2D eigenvalue weighted by molar-refractivity contribution is 9.10. The number of hydrogen-bond acceptors (Lipinski definition) is 5. The van der Waals surface area contributed by atoms with Gasteiger partial charge < -0.3 is 5.11 Å². The molecule has 0 fully saturated rings. The number of halogens is 2. The zero-order valence-electron chi connectivity index (χ0n) is 7.77. The molecule has 0 spiro atoms. The molecule has 88 valence electrons. The average molecular weight is 314 g/mol. The Kier molecular flexibility index (Phi) is 3.20. The molecule has 0 saturated heterocycles. The number of nitrogens with zero attached hydrogens (tertiary/aromatic N) is 1. The second-order valence-electron chi connectivity index (χ2n) is 2.90. The zero-order valence-corrected chi connectivity index (χ0v) is 10.2. The predicted octanol–water partition coefficient (Wildman–Crippen LogP) is 1.61. The lowest BCUT2D eigenvalue weighted by Gasteiger charge is -2.05. The van der Waals surface area contributed by atoms with Gasteiger partial charge in [-0.1, -0.05) is 0 Å². The molecule has 0 atom stereocenters. The summed E-state index contributed by atoms with van der Waals surface area (Å²) in [5.41, 5.74) is -1.02. The molecule has 0 heterocycles. The van der Waals surface area contributed by atoms with E-state index in [1.165, 1.54) is 0 Å². The summed E-state index contributed by atoms with van der Waals surface area (Å²) in [4.78, 5) is 8.66. The van der Waals surface area contributed by atoms with E-state index >= 15 is 0 Å². The number of rotatable bonds is 2. The smallest absolute Gasteiger partial charge is 0.307 e. The summed E-state index contributed by atoms with van der Waals surface area (Å²) in [5, 5.41) is 19.8. The lowest BCUT2D eigenvalue weighted by Crippen LogP contribution is -2.02. The minimum atomic E-state index is -3.88. The van der Waals surface area contributed by atoms with Crippen LogP contribution in [-0.2, 0) is 9.84 Å². The van der Waals surface area contributed by atoms with E-state index in [4.69, 9.17) is 0 Å². The van der Waals surface area contributed by atoms with Crippen LogP contribution in [0.2, 0.25) is 0 Å². The summed E-state index contributed by atoms with van der Waals surface area (Å²) in [7, 11) is -3.88. The van der Waals surface area contributed by atoms with Crippen LogP contribution in [0.4, 0.5) is 10.1 Å². The lowest BCUT2D eigenvalue weighted by molar-refractivity contribution is -0.387. The van der Waals surface area contributed by atoms with Gasteiger partial charge in [0, 0.05) is 12.3 Å². The lowest BCUT2D eigenvalue weighted by atomic mass is 10.3. The Morgan fingerprint density at radius 1 is 1.56 bits per heavy atom. The number of nitro benzene ring substituents is 1. The minimum absolute atomic E-state index is 0.477. The largest absolute Gasteiger partial charge is 0.505 e. The molecular formula is C7H5BrFNO5S. The number of aromatic hydroxyl groups is 1. The molecule has 9 heteroatoms. The minimum Gasteiger partial charge on any atom is -0.505 e. The molecule has 0 saturated carbocycles. The standard InChI is InChI=1S/C7H5BrFNO5S/c1-16(14,15)4-2-3(10(12)13)6(9)5(8)7(4)11/h2,11H,1H3. The first-order valence-electron chi connectivity index (χ1n) is 3.71. The van der Waals surface area contributed by atoms with Gasteiger partial charge in [-0.3, -0.25) is 10.1 Å². The van der Waals surface area contributed by atoms with Crippen molar-refractivity contribution < 1.29 is 22.8 Å². The zero-order chi connectivity index (χ0) is 12.7. The molecule has 16 heavy (non-hydrogen) atoms. The summed E-state index contributed by atoms with van der Waals surface area (Å²) >= 11 is 2.55. The summed E-state index contributed by atoms with van der Waals surface area (Å²) in [6, 6.07) is 0.477. The predicted molar refractivity (Wildman–Crippen MR) is 55.5 cm³/mol. The Hall–Kier alpha value is -1.22. The first kappa shape index (κ1) is 12.8. The van der Waals surface area contributed by atoms with Gasteiger partial charge >= 0.3 is 5.69 Å². The molecule has 1 aromatic carbocycles. The molecule has 1 N–H and O–H groups in total. The summed E-state index contributed by atoms with van der Waals surface area (Å²) in [6.07, 6.45) is 0.746. The van der Waals surface area contributed by atoms with E-state index in [0.717, 1.165) is 6.26 Å². The van der Waals surface area contributed by atoms with Crippen molar-refractivity contribution in [1.82, 2.24) is 0 Å². The third-order valence-corrected chi connectivity index (χ3v) is 3.56. The maximum atomic E-state index is 13.2. The summed E-state index contributed by atoms with van der Waals surface area (Å²) in [5.74, 6) is -2.21. The fourth-order valence-electron chi connectivity index (χ4n) is 0.996. The molecule has 0 aliphatic rings.